The van der Waals surface area contributed by atoms with E-state index in [1.165, 1.54) is 47.0 Å². The summed E-state index contributed by atoms with van der Waals surface area (Å²) in [5, 5.41) is 5.03. The fourth-order valence-corrected chi connectivity index (χ4v) is 3.21. The lowest BCUT2D eigenvalue weighted by Gasteiger charge is -2.24. The Kier molecular flexibility index (Phi) is 2.90. The monoisotopic (exact) mass is 242 g/mol. The third kappa shape index (κ3) is 1.76. The largest absolute Gasteiger partial charge is 0.346 e. The van der Waals surface area contributed by atoms with Crippen molar-refractivity contribution in [3.8, 4) is 0 Å². The topological polar surface area (TPSA) is 17.0 Å². The van der Waals surface area contributed by atoms with Gasteiger partial charge in [0.25, 0.3) is 0 Å². The molecule has 1 atom stereocenters. The average Bonchev–Trinajstić information content (AvgIpc) is 2.73. The lowest BCUT2D eigenvalue weighted by molar-refractivity contribution is 0.399. The minimum atomic E-state index is 0.538. The van der Waals surface area contributed by atoms with Crippen LogP contribution in [0.2, 0.25) is 0 Å². The molecule has 1 saturated heterocycles. The Labute approximate surface area is 109 Å². The number of benzene rings is 1. The van der Waals surface area contributed by atoms with Crippen molar-refractivity contribution in [2.75, 3.05) is 6.54 Å². The van der Waals surface area contributed by atoms with Crippen LogP contribution in [0.25, 0.3) is 10.9 Å². The normalized spacial score (nSPS) is 20.5. The predicted octanol–water partition coefficient (Wildman–Crippen LogP) is 3.61. The van der Waals surface area contributed by atoms with E-state index in [1.54, 1.807) is 0 Å². The van der Waals surface area contributed by atoms with Crippen molar-refractivity contribution in [1.29, 1.82) is 0 Å². The minimum absolute atomic E-state index is 0.538. The Morgan fingerprint density at radius 3 is 2.78 bits per heavy atom. The van der Waals surface area contributed by atoms with Crippen LogP contribution in [0.15, 0.2) is 18.2 Å². The quantitative estimate of drug-likeness (QED) is 0.808. The van der Waals surface area contributed by atoms with E-state index in [2.05, 4.69) is 49.0 Å². The van der Waals surface area contributed by atoms with Gasteiger partial charge in [-0.25, -0.2) is 0 Å². The third-order valence-corrected chi connectivity index (χ3v) is 4.43. The zero-order valence-electron chi connectivity index (χ0n) is 11.6. The van der Waals surface area contributed by atoms with E-state index in [1.807, 2.05) is 0 Å². The van der Waals surface area contributed by atoms with E-state index in [9.17, 15) is 0 Å². The van der Waals surface area contributed by atoms with Crippen LogP contribution in [-0.4, -0.2) is 11.1 Å². The Bertz CT molecular complexity index is 574. The lowest BCUT2D eigenvalue weighted by atomic mass is 10.0. The zero-order valence-corrected chi connectivity index (χ0v) is 11.6. The molecule has 1 N–H and O–H groups in total. The molecule has 2 nitrogen and oxygen atoms in total. The fraction of sp³-hybridized carbons (Fsp3) is 0.500. The maximum atomic E-state index is 3.65. The maximum Gasteiger partial charge on any atom is 0.0512 e. The standard InChI is InChI=1S/C16H22N2/c1-11-7-8-13-10-15(14-6-4-5-9-17-14)18(3)16(13)12(11)2/h7-8,10,14,17H,4-6,9H2,1-3H3. The van der Waals surface area contributed by atoms with Gasteiger partial charge in [-0.15, -0.1) is 0 Å². The molecule has 0 radical (unpaired) electrons. The number of nitrogens with one attached hydrogen (secondary N) is 1. The first-order chi connectivity index (χ1) is 8.68. The van der Waals surface area contributed by atoms with Crippen molar-refractivity contribution >= 4 is 10.9 Å². The van der Waals surface area contributed by atoms with E-state index in [4.69, 9.17) is 0 Å². The molecule has 1 aliphatic rings. The highest BCUT2D eigenvalue weighted by atomic mass is 15.0. The van der Waals surface area contributed by atoms with Crippen molar-refractivity contribution in [3.05, 3.63) is 35.0 Å². The first-order valence-corrected chi connectivity index (χ1v) is 6.97. The first-order valence-electron chi connectivity index (χ1n) is 6.97. The second-order valence-corrected chi connectivity index (χ2v) is 5.58. The number of fused-ring (bicyclic) bond motifs is 1. The van der Waals surface area contributed by atoms with Crippen LogP contribution < -0.4 is 5.32 Å². The van der Waals surface area contributed by atoms with Gasteiger partial charge in [-0.05, 0) is 50.4 Å². The summed E-state index contributed by atoms with van der Waals surface area (Å²) in [5.74, 6) is 0. The Hall–Kier alpha value is -1.28. The van der Waals surface area contributed by atoms with Gasteiger partial charge in [0.05, 0.1) is 5.52 Å². The lowest BCUT2D eigenvalue weighted by Crippen LogP contribution is -2.28. The summed E-state index contributed by atoms with van der Waals surface area (Å²) in [6.45, 7) is 5.58. The molecule has 0 aliphatic carbocycles. The molecule has 1 fully saturated rings. The highest BCUT2D eigenvalue weighted by Crippen LogP contribution is 2.30. The molecule has 3 rings (SSSR count). The van der Waals surface area contributed by atoms with E-state index in [0.717, 1.165) is 6.54 Å². The third-order valence-electron chi connectivity index (χ3n) is 4.43. The molecule has 96 valence electrons. The van der Waals surface area contributed by atoms with Gasteiger partial charge in [-0.2, -0.15) is 0 Å². The molecule has 2 heteroatoms. The second kappa shape index (κ2) is 4.43. The molecule has 1 aliphatic heterocycles. The Morgan fingerprint density at radius 1 is 1.22 bits per heavy atom. The molecule has 1 aromatic heterocycles. The van der Waals surface area contributed by atoms with Gasteiger partial charge in [0.1, 0.15) is 0 Å². The van der Waals surface area contributed by atoms with Gasteiger partial charge in [-0.3, -0.25) is 0 Å². The van der Waals surface area contributed by atoms with E-state index < -0.39 is 0 Å². The van der Waals surface area contributed by atoms with Crippen molar-refractivity contribution in [2.45, 2.75) is 39.2 Å². The maximum absolute atomic E-state index is 3.65. The molecule has 2 heterocycles. The molecular weight excluding hydrogens is 220 g/mol. The van der Waals surface area contributed by atoms with Gasteiger partial charge in [0.2, 0.25) is 0 Å². The van der Waals surface area contributed by atoms with Crippen molar-refractivity contribution in [1.82, 2.24) is 9.88 Å². The molecule has 0 spiro atoms. The van der Waals surface area contributed by atoms with Gasteiger partial charge < -0.3 is 9.88 Å². The zero-order chi connectivity index (χ0) is 12.7. The number of nitrogens with zero attached hydrogens (tertiary/aromatic N) is 1. The number of aromatic nitrogens is 1. The van der Waals surface area contributed by atoms with Crippen molar-refractivity contribution in [3.63, 3.8) is 0 Å². The summed E-state index contributed by atoms with van der Waals surface area (Å²) < 4.78 is 2.39. The van der Waals surface area contributed by atoms with Gasteiger partial charge in [0, 0.05) is 24.2 Å². The van der Waals surface area contributed by atoms with Gasteiger partial charge >= 0.3 is 0 Å². The van der Waals surface area contributed by atoms with Crippen LogP contribution in [0.3, 0.4) is 0 Å². The van der Waals surface area contributed by atoms with Gasteiger partial charge in [0.15, 0.2) is 0 Å². The number of hydrogen-bond donors (Lipinski definition) is 1. The van der Waals surface area contributed by atoms with E-state index >= 15 is 0 Å². The van der Waals surface area contributed by atoms with Crippen LogP contribution in [0, 0.1) is 13.8 Å². The average molecular weight is 242 g/mol. The summed E-state index contributed by atoms with van der Waals surface area (Å²) >= 11 is 0. The first kappa shape index (κ1) is 11.8. The molecule has 1 aromatic carbocycles. The molecule has 0 amide bonds. The number of rotatable bonds is 1. The predicted molar refractivity (Wildman–Crippen MR) is 77.0 cm³/mol. The minimum Gasteiger partial charge on any atom is -0.346 e. The van der Waals surface area contributed by atoms with Crippen LogP contribution in [0.1, 0.15) is 42.1 Å². The highest BCUT2D eigenvalue weighted by molar-refractivity contribution is 5.85. The van der Waals surface area contributed by atoms with Crippen LogP contribution in [0.4, 0.5) is 0 Å². The van der Waals surface area contributed by atoms with Crippen LogP contribution >= 0.6 is 0 Å². The molecular formula is C16H22N2. The molecule has 1 unspecified atom stereocenters. The van der Waals surface area contributed by atoms with Crippen LogP contribution in [0.5, 0.6) is 0 Å². The summed E-state index contributed by atoms with van der Waals surface area (Å²) in [7, 11) is 2.21. The summed E-state index contributed by atoms with van der Waals surface area (Å²) in [4.78, 5) is 0. The molecule has 2 aromatic rings. The second-order valence-electron chi connectivity index (χ2n) is 5.58. The number of hydrogen-bond acceptors (Lipinski definition) is 1. The summed E-state index contributed by atoms with van der Waals surface area (Å²) in [5.41, 5.74) is 5.64. The smallest absolute Gasteiger partial charge is 0.0512 e. The van der Waals surface area contributed by atoms with E-state index in [-0.39, 0.29) is 0 Å². The summed E-state index contributed by atoms with van der Waals surface area (Å²) in [6, 6.07) is 7.39. The fourth-order valence-electron chi connectivity index (χ4n) is 3.21. The van der Waals surface area contributed by atoms with Crippen molar-refractivity contribution < 1.29 is 0 Å². The van der Waals surface area contributed by atoms with Crippen LogP contribution in [-0.2, 0) is 7.05 Å². The Morgan fingerprint density at radius 2 is 2.06 bits per heavy atom. The van der Waals surface area contributed by atoms with E-state index in [0.29, 0.717) is 6.04 Å². The number of aryl methyl sites for hydroxylation is 3. The Balaban J connectivity index is 2.13. The van der Waals surface area contributed by atoms with Crippen molar-refractivity contribution in [2.24, 2.45) is 7.05 Å². The summed E-state index contributed by atoms with van der Waals surface area (Å²) in [6.07, 6.45) is 3.93. The molecule has 0 saturated carbocycles. The SMILES string of the molecule is Cc1ccc2cc(C3CCCCN3)n(C)c2c1C. The number of piperidine rings is 1. The highest BCUT2D eigenvalue weighted by Gasteiger charge is 2.19. The van der Waals surface area contributed by atoms with Gasteiger partial charge in [-0.1, -0.05) is 18.6 Å². The molecule has 18 heavy (non-hydrogen) atoms. The molecule has 0 bridgehead atoms.